The van der Waals surface area contributed by atoms with Gasteiger partial charge in [-0.05, 0) is 43.9 Å². The fourth-order valence-corrected chi connectivity index (χ4v) is 1.45. The molecule has 1 N–H and O–H groups in total. The third-order valence-electron chi connectivity index (χ3n) is 2.60. The minimum atomic E-state index is 0.179. The molecule has 1 saturated carbocycles. The first kappa shape index (κ1) is 9.25. The van der Waals surface area contributed by atoms with Crippen molar-refractivity contribution in [2.24, 2.45) is 5.92 Å². The molecule has 1 aromatic rings. The first-order valence-electron chi connectivity index (χ1n) is 5.05. The normalized spacial score (nSPS) is 15.3. The predicted molar refractivity (Wildman–Crippen MR) is 57.3 cm³/mol. The van der Waals surface area contributed by atoms with Crippen LogP contribution in [0.15, 0.2) is 18.2 Å². The average Bonchev–Trinajstić information content (AvgIpc) is 2.94. The Labute approximate surface area is 84.3 Å². The van der Waals surface area contributed by atoms with E-state index in [0.29, 0.717) is 0 Å². The zero-order valence-electron chi connectivity index (χ0n) is 8.63. The molecule has 0 saturated heterocycles. The van der Waals surface area contributed by atoms with E-state index >= 15 is 0 Å². The van der Waals surface area contributed by atoms with Gasteiger partial charge in [-0.1, -0.05) is 12.1 Å². The van der Waals surface area contributed by atoms with E-state index in [1.807, 2.05) is 26.0 Å². The molecular weight excluding hydrogens is 174 g/mol. The van der Waals surface area contributed by atoms with Crippen molar-refractivity contribution in [2.75, 3.05) is 5.32 Å². The molecule has 74 valence electrons. The topological polar surface area (TPSA) is 29.1 Å². The fraction of sp³-hybridized carbons (Fsp3) is 0.417. The molecule has 1 fully saturated rings. The third-order valence-corrected chi connectivity index (χ3v) is 2.60. The molecule has 2 heteroatoms. The van der Waals surface area contributed by atoms with E-state index in [4.69, 9.17) is 0 Å². The second-order valence-corrected chi connectivity index (χ2v) is 4.08. The van der Waals surface area contributed by atoms with Crippen LogP contribution in [0.5, 0.6) is 0 Å². The second kappa shape index (κ2) is 3.45. The predicted octanol–water partition coefficient (Wildman–Crippen LogP) is 2.65. The molecule has 0 aliphatic heterocycles. The van der Waals surface area contributed by atoms with E-state index < -0.39 is 0 Å². The first-order valence-corrected chi connectivity index (χ1v) is 5.05. The summed E-state index contributed by atoms with van der Waals surface area (Å²) in [6, 6.07) is 6.12. The van der Waals surface area contributed by atoms with Crippen LogP contribution >= 0.6 is 0 Å². The van der Waals surface area contributed by atoms with Gasteiger partial charge in [0, 0.05) is 11.6 Å². The van der Waals surface area contributed by atoms with E-state index in [9.17, 15) is 4.79 Å². The van der Waals surface area contributed by atoms with Gasteiger partial charge >= 0.3 is 0 Å². The van der Waals surface area contributed by atoms with Crippen molar-refractivity contribution in [3.63, 3.8) is 0 Å². The van der Waals surface area contributed by atoms with Crippen LogP contribution < -0.4 is 5.32 Å². The van der Waals surface area contributed by atoms with Gasteiger partial charge in [0.1, 0.15) is 0 Å². The van der Waals surface area contributed by atoms with Crippen LogP contribution in [-0.4, -0.2) is 5.91 Å². The first-order chi connectivity index (χ1) is 6.66. The molecular formula is C12H15NO. The van der Waals surface area contributed by atoms with Crippen molar-refractivity contribution in [1.29, 1.82) is 0 Å². The molecule has 14 heavy (non-hydrogen) atoms. The summed E-state index contributed by atoms with van der Waals surface area (Å²) in [6.45, 7) is 4.05. The van der Waals surface area contributed by atoms with E-state index in [1.165, 1.54) is 5.56 Å². The largest absolute Gasteiger partial charge is 0.326 e. The second-order valence-electron chi connectivity index (χ2n) is 4.08. The maximum absolute atomic E-state index is 11.5. The molecule has 0 unspecified atom stereocenters. The Balaban J connectivity index is 2.14. The van der Waals surface area contributed by atoms with E-state index in [0.717, 1.165) is 24.1 Å². The summed E-state index contributed by atoms with van der Waals surface area (Å²) in [5.74, 6) is 0.452. The molecule has 0 spiro atoms. The molecule has 2 rings (SSSR count). The maximum atomic E-state index is 11.5. The molecule has 0 atom stereocenters. The van der Waals surface area contributed by atoms with Gasteiger partial charge in [0.25, 0.3) is 0 Å². The highest BCUT2D eigenvalue weighted by Crippen LogP contribution is 2.30. The number of aryl methyl sites for hydroxylation is 2. The molecule has 1 aromatic carbocycles. The Morgan fingerprint density at radius 3 is 2.71 bits per heavy atom. The summed E-state index contributed by atoms with van der Waals surface area (Å²) in [5, 5.41) is 2.97. The van der Waals surface area contributed by atoms with Gasteiger partial charge < -0.3 is 5.32 Å². The number of amides is 1. The molecule has 0 radical (unpaired) electrons. The van der Waals surface area contributed by atoms with Crippen molar-refractivity contribution in [3.05, 3.63) is 29.3 Å². The number of anilines is 1. The highest BCUT2D eigenvalue weighted by atomic mass is 16.2. The monoisotopic (exact) mass is 189 g/mol. The SMILES string of the molecule is Cc1ccc(C)c(NC(=O)C2CC2)c1. The van der Waals surface area contributed by atoms with Gasteiger partial charge in [-0.2, -0.15) is 0 Å². The quantitative estimate of drug-likeness (QED) is 0.761. The van der Waals surface area contributed by atoms with E-state index in [-0.39, 0.29) is 11.8 Å². The van der Waals surface area contributed by atoms with Crippen LogP contribution in [0, 0.1) is 19.8 Å². The molecule has 1 amide bonds. The number of benzene rings is 1. The summed E-state index contributed by atoms with van der Waals surface area (Å²) in [6.07, 6.45) is 2.10. The Hall–Kier alpha value is -1.31. The molecule has 1 aliphatic rings. The van der Waals surface area contributed by atoms with Gasteiger partial charge in [-0.3, -0.25) is 4.79 Å². The lowest BCUT2D eigenvalue weighted by atomic mass is 10.1. The lowest BCUT2D eigenvalue weighted by Gasteiger charge is -2.08. The third kappa shape index (κ3) is 1.95. The highest BCUT2D eigenvalue weighted by Gasteiger charge is 2.29. The summed E-state index contributed by atoms with van der Waals surface area (Å²) in [5.41, 5.74) is 3.27. The summed E-state index contributed by atoms with van der Waals surface area (Å²) in [4.78, 5) is 11.5. The van der Waals surface area contributed by atoms with Gasteiger partial charge in [0.05, 0.1) is 0 Å². The fourth-order valence-electron chi connectivity index (χ4n) is 1.45. The molecule has 0 heterocycles. The van der Waals surface area contributed by atoms with Crippen molar-refractivity contribution in [2.45, 2.75) is 26.7 Å². The minimum absolute atomic E-state index is 0.179. The van der Waals surface area contributed by atoms with E-state index in [1.54, 1.807) is 0 Å². The lowest BCUT2D eigenvalue weighted by Crippen LogP contribution is -2.14. The number of rotatable bonds is 2. The Kier molecular flexibility index (Phi) is 2.28. The zero-order valence-corrected chi connectivity index (χ0v) is 8.63. The molecule has 0 bridgehead atoms. The smallest absolute Gasteiger partial charge is 0.227 e. The Morgan fingerprint density at radius 2 is 2.07 bits per heavy atom. The zero-order chi connectivity index (χ0) is 10.1. The lowest BCUT2D eigenvalue weighted by molar-refractivity contribution is -0.117. The number of hydrogen-bond acceptors (Lipinski definition) is 1. The van der Waals surface area contributed by atoms with Crippen LogP contribution in [0.1, 0.15) is 24.0 Å². The van der Waals surface area contributed by atoms with Gasteiger partial charge in [0.15, 0.2) is 0 Å². The van der Waals surface area contributed by atoms with Crippen molar-refractivity contribution in [3.8, 4) is 0 Å². The van der Waals surface area contributed by atoms with Crippen LogP contribution in [-0.2, 0) is 4.79 Å². The number of hydrogen-bond donors (Lipinski definition) is 1. The van der Waals surface area contributed by atoms with Crippen molar-refractivity contribution < 1.29 is 4.79 Å². The molecule has 1 aliphatic carbocycles. The summed E-state index contributed by atoms with van der Waals surface area (Å²) in [7, 11) is 0. The number of carbonyl (C=O) groups excluding carboxylic acids is 1. The van der Waals surface area contributed by atoms with Gasteiger partial charge in [0.2, 0.25) is 5.91 Å². The molecule has 0 aromatic heterocycles. The highest BCUT2D eigenvalue weighted by molar-refractivity contribution is 5.94. The maximum Gasteiger partial charge on any atom is 0.227 e. The van der Waals surface area contributed by atoms with Crippen molar-refractivity contribution >= 4 is 11.6 Å². The summed E-state index contributed by atoms with van der Waals surface area (Å²) >= 11 is 0. The summed E-state index contributed by atoms with van der Waals surface area (Å²) < 4.78 is 0. The van der Waals surface area contributed by atoms with Gasteiger partial charge in [-0.15, -0.1) is 0 Å². The molecule has 2 nitrogen and oxygen atoms in total. The standard InChI is InChI=1S/C12H15NO/c1-8-3-4-9(2)11(7-8)13-12(14)10-5-6-10/h3-4,7,10H,5-6H2,1-2H3,(H,13,14). The van der Waals surface area contributed by atoms with Crippen LogP contribution in [0.4, 0.5) is 5.69 Å². The van der Waals surface area contributed by atoms with Crippen LogP contribution in [0.2, 0.25) is 0 Å². The number of carbonyl (C=O) groups is 1. The van der Waals surface area contributed by atoms with Crippen LogP contribution in [0.25, 0.3) is 0 Å². The number of nitrogens with one attached hydrogen (secondary N) is 1. The average molecular weight is 189 g/mol. The van der Waals surface area contributed by atoms with Crippen LogP contribution in [0.3, 0.4) is 0 Å². The van der Waals surface area contributed by atoms with Gasteiger partial charge in [-0.25, -0.2) is 0 Å². The minimum Gasteiger partial charge on any atom is -0.326 e. The Morgan fingerprint density at radius 1 is 1.36 bits per heavy atom. The van der Waals surface area contributed by atoms with Crippen molar-refractivity contribution in [1.82, 2.24) is 0 Å². The Bertz CT molecular complexity index is 367. The van der Waals surface area contributed by atoms with E-state index in [2.05, 4.69) is 11.4 Å².